The Labute approximate surface area is 114 Å². The first-order valence-corrected chi connectivity index (χ1v) is 6.72. The molecule has 1 saturated heterocycles. The van der Waals surface area contributed by atoms with Crippen molar-refractivity contribution in [3.63, 3.8) is 0 Å². The molecule has 0 saturated carbocycles. The van der Waals surface area contributed by atoms with Gasteiger partial charge in [-0.15, -0.1) is 0 Å². The number of hydrogen-bond donors (Lipinski definition) is 1. The van der Waals surface area contributed by atoms with Crippen LogP contribution in [0.25, 0.3) is 0 Å². The molecule has 2 atom stereocenters. The van der Waals surface area contributed by atoms with Crippen LogP contribution in [0, 0.1) is 5.92 Å². The van der Waals surface area contributed by atoms with Gasteiger partial charge < -0.3 is 15.4 Å². The first-order chi connectivity index (χ1) is 9.04. The molecule has 1 aromatic carbocycles. The van der Waals surface area contributed by atoms with E-state index >= 15 is 0 Å². The fourth-order valence-electron chi connectivity index (χ4n) is 2.73. The van der Waals surface area contributed by atoms with Crippen LogP contribution in [-0.2, 0) is 4.79 Å². The van der Waals surface area contributed by atoms with Crippen LogP contribution in [0.3, 0.4) is 0 Å². The van der Waals surface area contributed by atoms with E-state index in [9.17, 15) is 4.79 Å². The summed E-state index contributed by atoms with van der Waals surface area (Å²) in [4.78, 5) is 14.0. The highest BCUT2D eigenvalue weighted by Crippen LogP contribution is 2.37. The molecule has 4 heteroatoms. The maximum Gasteiger partial charge on any atom is 0.224 e. The Morgan fingerprint density at radius 3 is 2.74 bits per heavy atom. The highest BCUT2D eigenvalue weighted by Gasteiger charge is 2.39. The van der Waals surface area contributed by atoms with Crippen molar-refractivity contribution in [3.05, 3.63) is 29.8 Å². The molecule has 2 rings (SSSR count). The molecule has 1 aliphatic heterocycles. The monoisotopic (exact) mass is 262 g/mol. The third kappa shape index (κ3) is 2.73. The van der Waals surface area contributed by atoms with Crippen LogP contribution in [0.2, 0.25) is 0 Å². The number of rotatable bonds is 4. The lowest BCUT2D eigenvalue weighted by atomic mass is 9.99. The Hall–Kier alpha value is -1.55. The summed E-state index contributed by atoms with van der Waals surface area (Å²) in [6.07, 6.45) is 0.412. The summed E-state index contributed by atoms with van der Waals surface area (Å²) < 4.78 is 5.40. The van der Waals surface area contributed by atoms with E-state index in [0.29, 0.717) is 12.3 Å². The fourth-order valence-corrected chi connectivity index (χ4v) is 2.73. The van der Waals surface area contributed by atoms with Gasteiger partial charge in [0.2, 0.25) is 5.91 Å². The predicted molar refractivity (Wildman–Crippen MR) is 74.9 cm³/mol. The standard InChI is InChI=1S/C15H22N2O2/c1-10(2)9-17-14(18)8-12(16)15(17)11-6-4-5-7-13(11)19-3/h4-7,10,12,15H,8-9,16H2,1-3H3. The Kier molecular flexibility index (Phi) is 4.10. The van der Waals surface area contributed by atoms with Crippen LogP contribution in [0.1, 0.15) is 31.9 Å². The topological polar surface area (TPSA) is 55.6 Å². The highest BCUT2D eigenvalue weighted by atomic mass is 16.5. The lowest BCUT2D eigenvalue weighted by molar-refractivity contribution is -0.129. The van der Waals surface area contributed by atoms with Gasteiger partial charge in [-0.25, -0.2) is 0 Å². The first-order valence-electron chi connectivity index (χ1n) is 6.72. The maximum atomic E-state index is 12.1. The third-order valence-corrected chi connectivity index (χ3v) is 3.49. The van der Waals surface area contributed by atoms with Gasteiger partial charge in [-0.2, -0.15) is 0 Å². The zero-order valence-corrected chi connectivity index (χ0v) is 11.8. The molecule has 0 aliphatic carbocycles. The van der Waals surface area contributed by atoms with E-state index in [1.165, 1.54) is 0 Å². The summed E-state index contributed by atoms with van der Waals surface area (Å²) in [7, 11) is 1.65. The molecule has 1 fully saturated rings. The molecule has 1 amide bonds. The molecule has 4 nitrogen and oxygen atoms in total. The highest BCUT2D eigenvalue weighted by molar-refractivity contribution is 5.80. The number of carbonyl (C=O) groups is 1. The largest absolute Gasteiger partial charge is 0.496 e. The summed E-state index contributed by atoms with van der Waals surface area (Å²) in [6.45, 7) is 4.95. The molecule has 0 aromatic heterocycles. The number of nitrogens with zero attached hydrogens (tertiary/aromatic N) is 1. The summed E-state index contributed by atoms with van der Waals surface area (Å²) in [5.74, 6) is 1.36. The number of likely N-dealkylation sites (tertiary alicyclic amines) is 1. The van der Waals surface area contributed by atoms with E-state index in [4.69, 9.17) is 10.5 Å². The lowest BCUT2D eigenvalue weighted by Gasteiger charge is -2.29. The lowest BCUT2D eigenvalue weighted by Crippen LogP contribution is -2.35. The van der Waals surface area contributed by atoms with Gasteiger partial charge >= 0.3 is 0 Å². The predicted octanol–water partition coefficient (Wildman–Crippen LogP) is 1.95. The number of nitrogens with two attached hydrogens (primary N) is 1. The molecule has 1 aromatic rings. The molecule has 2 unspecified atom stereocenters. The number of amides is 1. The van der Waals surface area contributed by atoms with Crippen LogP contribution in [0.5, 0.6) is 5.75 Å². The number of para-hydroxylation sites is 1. The minimum atomic E-state index is -0.164. The van der Waals surface area contributed by atoms with E-state index in [0.717, 1.165) is 17.9 Å². The van der Waals surface area contributed by atoms with Gasteiger partial charge in [0.1, 0.15) is 5.75 Å². The Morgan fingerprint density at radius 2 is 2.11 bits per heavy atom. The summed E-state index contributed by atoms with van der Waals surface area (Å²) in [6, 6.07) is 7.56. The normalized spacial score (nSPS) is 23.2. The van der Waals surface area contributed by atoms with Crippen LogP contribution in [-0.4, -0.2) is 30.5 Å². The second-order valence-corrected chi connectivity index (χ2v) is 5.49. The zero-order valence-electron chi connectivity index (χ0n) is 11.8. The quantitative estimate of drug-likeness (QED) is 0.902. The molecule has 2 N–H and O–H groups in total. The Balaban J connectivity index is 2.36. The summed E-state index contributed by atoms with van der Waals surface area (Å²) >= 11 is 0. The smallest absolute Gasteiger partial charge is 0.224 e. The van der Waals surface area contributed by atoms with E-state index < -0.39 is 0 Å². The molecule has 0 spiro atoms. The Morgan fingerprint density at radius 1 is 1.42 bits per heavy atom. The summed E-state index contributed by atoms with van der Waals surface area (Å²) in [5.41, 5.74) is 7.18. The third-order valence-electron chi connectivity index (χ3n) is 3.49. The average molecular weight is 262 g/mol. The first kappa shape index (κ1) is 13.9. The molecule has 1 aliphatic rings. The SMILES string of the molecule is COc1ccccc1C1C(N)CC(=O)N1CC(C)C. The molecular weight excluding hydrogens is 240 g/mol. The van der Waals surface area contributed by atoms with Crippen molar-refractivity contribution < 1.29 is 9.53 Å². The van der Waals surface area contributed by atoms with Gasteiger partial charge in [-0.1, -0.05) is 32.0 Å². The minimum absolute atomic E-state index is 0.0777. The number of hydrogen-bond acceptors (Lipinski definition) is 3. The van der Waals surface area contributed by atoms with E-state index in [1.54, 1.807) is 7.11 Å². The molecular formula is C15H22N2O2. The van der Waals surface area contributed by atoms with Gasteiger partial charge in [0, 0.05) is 24.6 Å². The average Bonchev–Trinajstić information content (AvgIpc) is 2.63. The van der Waals surface area contributed by atoms with Crippen molar-refractivity contribution in [1.82, 2.24) is 4.90 Å². The second-order valence-electron chi connectivity index (χ2n) is 5.49. The van der Waals surface area contributed by atoms with Gasteiger partial charge in [0.25, 0.3) is 0 Å². The van der Waals surface area contributed by atoms with Gasteiger partial charge in [-0.05, 0) is 12.0 Å². The maximum absolute atomic E-state index is 12.1. The van der Waals surface area contributed by atoms with Crippen molar-refractivity contribution in [2.45, 2.75) is 32.4 Å². The van der Waals surface area contributed by atoms with Crippen LogP contribution >= 0.6 is 0 Å². The number of carbonyl (C=O) groups excluding carboxylic acids is 1. The Bertz CT molecular complexity index is 459. The second kappa shape index (κ2) is 5.61. The van der Waals surface area contributed by atoms with Crippen molar-refractivity contribution in [2.75, 3.05) is 13.7 Å². The number of ether oxygens (including phenoxy) is 1. The van der Waals surface area contributed by atoms with Crippen molar-refractivity contribution >= 4 is 5.91 Å². The number of benzene rings is 1. The fraction of sp³-hybridized carbons (Fsp3) is 0.533. The van der Waals surface area contributed by atoms with Crippen LogP contribution in [0.15, 0.2) is 24.3 Å². The van der Waals surface area contributed by atoms with Gasteiger partial charge in [-0.3, -0.25) is 4.79 Å². The van der Waals surface area contributed by atoms with Crippen molar-refractivity contribution in [2.24, 2.45) is 11.7 Å². The van der Waals surface area contributed by atoms with E-state index in [1.807, 2.05) is 29.2 Å². The van der Waals surface area contributed by atoms with E-state index in [2.05, 4.69) is 13.8 Å². The van der Waals surface area contributed by atoms with Crippen molar-refractivity contribution in [3.8, 4) is 5.75 Å². The van der Waals surface area contributed by atoms with Crippen LogP contribution < -0.4 is 10.5 Å². The van der Waals surface area contributed by atoms with Gasteiger partial charge in [0.05, 0.1) is 13.2 Å². The van der Waals surface area contributed by atoms with Crippen LogP contribution in [0.4, 0.5) is 0 Å². The number of methoxy groups -OCH3 is 1. The van der Waals surface area contributed by atoms with Gasteiger partial charge in [0.15, 0.2) is 0 Å². The molecule has 104 valence electrons. The molecule has 1 heterocycles. The zero-order chi connectivity index (χ0) is 14.0. The van der Waals surface area contributed by atoms with E-state index in [-0.39, 0.29) is 18.0 Å². The van der Waals surface area contributed by atoms with Crippen molar-refractivity contribution in [1.29, 1.82) is 0 Å². The minimum Gasteiger partial charge on any atom is -0.496 e. The molecule has 19 heavy (non-hydrogen) atoms. The summed E-state index contributed by atoms with van der Waals surface area (Å²) in [5, 5.41) is 0. The molecule has 0 bridgehead atoms. The molecule has 0 radical (unpaired) electrons.